The van der Waals surface area contributed by atoms with Crippen molar-refractivity contribution >= 4 is 11.7 Å². The van der Waals surface area contributed by atoms with Crippen molar-refractivity contribution in [3.05, 3.63) is 59.2 Å². The molecule has 0 saturated carbocycles. The molecular weight excluding hydrogens is 254 g/mol. The number of nitrogens with one attached hydrogen (secondary N) is 1. The van der Waals surface area contributed by atoms with Gasteiger partial charge in [0, 0.05) is 0 Å². The fourth-order valence-electron chi connectivity index (χ4n) is 2.37. The van der Waals surface area contributed by atoms with Crippen molar-refractivity contribution in [3.63, 3.8) is 0 Å². The lowest BCUT2D eigenvalue weighted by molar-refractivity contribution is 0.0697. The van der Waals surface area contributed by atoms with Gasteiger partial charge in [-0.15, -0.1) is 0 Å². The van der Waals surface area contributed by atoms with E-state index in [0.29, 0.717) is 12.4 Å². The standard InChI is InChI=1S/C16H15NO3/c1-10-3-2-4-11(7-10)14-9-20-15-6-5-12(16(18)19)8-13(15)17-14/h2-8,14,17H,9H2,1H3,(H,18,19). The van der Waals surface area contributed by atoms with Crippen molar-refractivity contribution in [3.8, 4) is 5.75 Å². The number of anilines is 1. The number of aryl methyl sites for hydroxylation is 1. The van der Waals surface area contributed by atoms with Gasteiger partial charge in [0.25, 0.3) is 0 Å². The number of fused-ring (bicyclic) bond motifs is 1. The van der Waals surface area contributed by atoms with E-state index in [2.05, 4.69) is 11.4 Å². The zero-order valence-electron chi connectivity index (χ0n) is 11.1. The van der Waals surface area contributed by atoms with Crippen LogP contribution in [0.15, 0.2) is 42.5 Å². The van der Waals surface area contributed by atoms with Gasteiger partial charge in [-0.25, -0.2) is 4.79 Å². The lowest BCUT2D eigenvalue weighted by Gasteiger charge is -2.28. The van der Waals surface area contributed by atoms with Crippen LogP contribution in [0.2, 0.25) is 0 Å². The van der Waals surface area contributed by atoms with Crippen LogP contribution in [0.1, 0.15) is 27.5 Å². The number of ether oxygens (including phenoxy) is 1. The van der Waals surface area contributed by atoms with E-state index in [1.807, 2.05) is 25.1 Å². The molecule has 2 aromatic rings. The first-order valence-electron chi connectivity index (χ1n) is 6.47. The third-order valence-corrected chi connectivity index (χ3v) is 3.41. The first-order chi connectivity index (χ1) is 9.63. The predicted molar refractivity (Wildman–Crippen MR) is 76.4 cm³/mol. The Morgan fingerprint density at radius 3 is 2.90 bits per heavy atom. The Morgan fingerprint density at radius 2 is 2.15 bits per heavy atom. The van der Waals surface area contributed by atoms with Gasteiger partial charge in [-0.2, -0.15) is 0 Å². The van der Waals surface area contributed by atoms with Gasteiger partial charge < -0.3 is 15.2 Å². The van der Waals surface area contributed by atoms with Crippen molar-refractivity contribution in [1.29, 1.82) is 0 Å². The molecule has 0 saturated heterocycles. The highest BCUT2D eigenvalue weighted by Gasteiger charge is 2.21. The van der Waals surface area contributed by atoms with Gasteiger partial charge in [-0.3, -0.25) is 0 Å². The van der Waals surface area contributed by atoms with E-state index >= 15 is 0 Å². The molecule has 4 heteroatoms. The largest absolute Gasteiger partial charge is 0.489 e. The minimum absolute atomic E-state index is 0.0337. The normalized spacial score (nSPS) is 16.8. The number of carboxylic acid groups (broad SMARTS) is 1. The average molecular weight is 269 g/mol. The number of carbonyl (C=O) groups is 1. The highest BCUT2D eigenvalue weighted by Crippen LogP contribution is 2.34. The van der Waals surface area contributed by atoms with Crippen LogP contribution in [0.25, 0.3) is 0 Å². The third-order valence-electron chi connectivity index (χ3n) is 3.41. The number of rotatable bonds is 2. The molecule has 3 rings (SSSR count). The zero-order valence-corrected chi connectivity index (χ0v) is 11.1. The molecule has 0 amide bonds. The second kappa shape index (κ2) is 4.89. The molecule has 0 spiro atoms. The van der Waals surface area contributed by atoms with Gasteiger partial charge >= 0.3 is 5.97 Å². The summed E-state index contributed by atoms with van der Waals surface area (Å²) in [5, 5.41) is 12.4. The van der Waals surface area contributed by atoms with Gasteiger partial charge in [0.05, 0.1) is 17.3 Å². The Morgan fingerprint density at radius 1 is 1.30 bits per heavy atom. The van der Waals surface area contributed by atoms with Crippen molar-refractivity contribution in [2.24, 2.45) is 0 Å². The Hall–Kier alpha value is -2.49. The zero-order chi connectivity index (χ0) is 14.1. The molecule has 2 aromatic carbocycles. The van der Waals surface area contributed by atoms with Crippen LogP contribution >= 0.6 is 0 Å². The van der Waals surface area contributed by atoms with Crippen molar-refractivity contribution in [2.75, 3.05) is 11.9 Å². The maximum Gasteiger partial charge on any atom is 0.335 e. The molecular formula is C16H15NO3. The molecule has 0 bridgehead atoms. The molecule has 1 heterocycles. The van der Waals surface area contributed by atoms with Crippen LogP contribution < -0.4 is 10.1 Å². The Balaban J connectivity index is 1.91. The van der Waals surface area contributed by atoms with E-state index < -0.39 is 5.97 Å². The third kappa shape index (κ3) is 2.32. The molecule has 0 fully saturated rings. The van der Waals surface area contributed by atoms with Crippen LogP contribution in [0.4, 0.5) is 5.69 Å². The fourth-order valence-corrected chi connectivity index (χ4v) is 2.37. The monoisotopic (exact) mass is 269 g/mol. The summed E-state index contributed by atoms with van der Waals surface area (Å²) in [7, 11) is 0. The lowest BCUT2D eigenvalue weighted by atomic mass is 10.0. The minimum Gasteiger partial charge on any atom is -0.489 e. The van der Waals surface area contributed by atoms with E-state index in [4.69, 9.17) is 9.84 Å². The lowest BCUT2D eigenvalue weighted by Crippen LogP contribution is -2.24. The molecule has 1 unspecified atom stereocenters. The summed E-state index contributed by atoms with van der Waals surface area (Å²) in [6, 6.07) is 13.1. The van der Waals surface area contributed by atoms with Crippen molar-refractivity contribution in [1.82, 2.24) is 0 Å². The molecule has 0 aromatic heterocycles. The molecule has 0 radical (unpaired) electrons. The SMILES string of the molecule is Cc1cccc(C2COc3ccc(C(=O)O)cc3N2)c1. The second-order valence-corrected chi connectivity index (χ2v) is 4.94. The second-order valence-electron chi connectivity index (χ2n) is 4.94. The van der Waals surface area contributed by atoms with Crippen LogP contribution in [0, 0.1) is 6.92 Å². The molecule has 20 heavy (non-hydrogen) atoms. The van der Waals surface area contributed by atoms with Crippen LogP contribution in [-0.4, -0.2) is 17.7 Å². The Kier molecular flexibility index (Phi) is 3.06. The summed E-state index contributed by atoms with van der Waals surface area (Å²) >= 11 is 0. The summed E-state index contributed by atoms with van der Waals surface area (Å²) in [5.74, 6) is -0.244. The minimum atomic E-state index is -0.938. The fraction of sp³-hybridized carbons (Fsp3) is 0.188. The van der Waals surface area contributed by atoms with Gasteiger partial charge in [0.15, 0.2) is 0 Å². The number of hydrogen-bond acceptors (Lipinski definition) is 3. The van der Waals surface area contributed by atoms with Gasteiger partial charge in [0.1, 0.15) is 12.4 Å². The average Bonchev–Trinajstić information content (AvgIpc) is 2.46. The number of hydrogen-bond donors (Lipinski definition) is 2. The predicted octanol–water partition coefficient (Wildman–Crippen LogP) is 3.24. The van der Waals surface area contributed by atoms with Crippen molar-refractivity contribution < 1.29 is 14.6 Å². The first kappa shape index (κ1) is 12.5. The highest BCUT2D eigenvalue weighted by atomic mass is 16.5. The van der Waals surface area contributed by atoms with Gasteiger partial charge in [-0.05, 0) is 30.7 Å². The quantitative estimate of drug-likeness (QED) is 0.878. The van der Waals surface area contributed by atoms with E-state index in [0.717, 1.165) is 11.3 Å². The number of benzene rings is 2. The molecule has 0 aliphatic carbocycles. The molecule has 1 aliphatic heterocycles. The maximum atomic E-state index is 11.0. The maximum absolute atomic E-state index is 11.0. The van der Waals surface area contributed by atoms with Crippen LogP contribution in [0.3, 0.4) is 0 Å². The van der Waals surface area contributed by atoms with E-state index in [-0.39, 0.29) is 11.6 Å². The van der Waals surface area contributed by atoms with E-state index in [9.17, 15) is 4.79 Å². The summed E-state index contributed by atoms with van der Waals surface area (Å²) in [4.78, 5) is 11.0. The summed E-state index contributed by atoms with van der Waals surface area (Å²) in [6.07, 6.45) is 0. The Bertz CT molecular complexity index is 667. The van der Waals surface area contributed by atoms with E-state index in [1.54, 1.807) is 18.2 Å². The number of aromatic carboxylic acids is 1. The van der Waals surface area contributed by atoms with Crippen LogP contribution in [-0.2, 0) is 0 Å². The van der Waals surface area contributed by atoms with Gasteiger partial charge in [0.2, 0.25) is 0 Å². The van der Waals surface area contributed by atoms with Crippen molar-refractivity contribution in [2.45, 2.75) is 13.0 Å². The van der Waals surface area contributed by atoms with Gasteiger partial charge in [-0.1, -0.05) is 29.8 Å². The molecule has 102 valence electrons. The topological polar surface area (TPSA) is 58.6 Å². The molecule has 1 atom stereocenters. The summed E-state index contributed by atoms with van der Waals surface area (Å²) in [6.45, 7) is 2.58. The first-order valence-corrected chi connectivity index (χ1v) is 6.47. The van der Waals surface area contributed by atoms with Crippen LogP contribution in [0.5, 0.6) is 5.75 Å². The molecule has 2 N–H and O–H groups in total. The Labute approximate surface area is 117 Å². The summed E-state index contributed by atoms with van der Waals surface area (Å²) < 4.78 is 5.71. The summed E-state index contributed by atoms with van der Waals surface area (Å²) in [5.41, 5.74) is 3.30. The van der Waals surface area contributed by atoms with E-state index in [1.165, 1.54) is 5.56 Å². The molecule has 1 aliphatic rings. The highest BCUT2D eigenvalue weighted by molar-refractivity contribution is 5.89. The number of carboxylic acids is 1. The smallest absolute Gasteiger partial charge is 0.335 e. The molecule has 4 nitrogen and oxygen atoms in total.